The number of rotatable bonds is 6. The Bertz CT molecular complexity index is 1990. The van der Waals surface area contributed by atoms with Gasteiger partial charge < -0.3 is 28.4 Å². The molecule has 0 radical (unpaired) electrons. The smallest absolute Gasteiger partial charge is 0.315 e. The number of allylic oxidation sites excluding steroid dienone is 6. The van der Waals surface area contributed by atoms with Gasteiger partial charge in [-0.2, -0.15) is 0 Å². The standard InChI is InChI=1S/2C12H16O2.C11H16O2.2C8H12O2.C7H10O2.C2H6/c2*1-3-7-4-8-5-9(7)10-6(2)14-12(13)11(8)10;1-3-8-4-5-9-10(6-8)7(2)13-11(9)12;1-3-7-4-6(2)10-8(9)5-7;1-3-7-4-5-8(9)10-6(7)2;1-3-6-4-7(8)9-5(6)2;1-2/h2*7-11H,2-5H2,1H3;8-10H,2-6H2,1H3;2*7H,2-5H2,1H3;6H,2-4H2,1H3;1-2H3. The van der Waals surface area contributed by atoms with E-state index in [1.165, 1.54) is 51.4 Å². The molecule has 0 amide bonds. The lowest BCUT2D eigenvalue weighted by Gasteiger charge is -2.27. The van der Waals surface area contributed by atoms with Crippen LogP contribution in [0.25, 0.3) is 0 Å². The molecule has 6 saturated heterocycles. The molecule has 0 aromatic rings. The fraction of sp³-hybridized carbons (Fsp3) is 0.700. The molecular weight excluding hydrogens is 913 g/mol. The second-order valence-electron chi connectivity index (χ2n) is 21.7. The quantitative estimate of drug-likeness (QED) is 0.183. The van der Waals surface area contributed by atoms with Gasteiger partial charge in [0.15, 0.2) is 0 Å². The number of carbonyl (C=O) groups is 6. The molecule has 11 fully saturated rings. The molecule has 16 atom stereocenters. The van der Waals surface area contributed by atoms with Crippen LogP contribution in [0.3, 0.4) is 0 Å². The van der Waals surface area contributed by atoms with Crippen LogP contribution in [-0.2, 0) is 57.2 Å². The molecule has 400 valence electrons. The zero-order valence-electron chi connectivity index (χ0n) is 45.1. The van der Waals surface area contributed by atoms with Crippen LogP contribution in [0, 0.1) is 94.7 Å². The van der Waals surface area contributed by atoms with Gasteiger partial charge in [0.2, 0.25) is 0 Å². The number of ether oxygens (including phenoxy) is 6. The minimum Gasteiger partial charge on any atom is -0.432 e. The minimum absolute atomic E-state index is 0.00190. The topological polar surface area (TPSA) is 158 Å². The summed E-state index contributed by atoms with van der Waals surface area (Å²) in [6, 6.07) is 0. The SMILES string of the molecule is C=C1CC(CC)CC(=O)O1.C=C1OC(=O)C2C3CC(CC)C(C3)C12.C=C1OC(=O)C2C3CC(CC)C(C3)C12.C=C1OC(=O)C2CCC(CC)CC12.C=C1OC(=O)CC1CC.C=C1OC(=O)CCC1CC.CC. The lowest BCUT2D eigenvalue weighted by molar-refractivity contribution is -0.144. The molecule has 72 heavy (non-hydrogen) atoms. The maximum Gasteiger partial charge on any atom is 0.315 e. The Kier molecular flexibility index (Phi) is 21.4. The van der Waals surface area contributed by atoms with Crippen LogP contribution in [0.2, 0.25) is 0 Å². The van der Waals surface area contributed by atoms with Crippen LogP contribution >= 0.6 is 0 Å². The molecule has 6 aliphatic heterocycles. The first-order valence-electron chi connectivity index (χ1n) is 27.7. The number of esters is 6. The molecular formula is C60H88O12. The molecule has 0 spiro atoms. The molecule has 16 unspecified atom stereocenters. The average Bonchev–Trinajstić information content (AvgIpc) is 4.26. The lowest BCUT2D eigenvalue weighted by Crippen LogP contribution is -2.27. The third-order valence-electron chi connectivity index (χ3n) is 17.9. The Hall–Kier alpha value is -4.74. The van der Waals surface area contributed by atoms with Gasteiger partial charge >= 0.3 is 35.8 Å². The van der Waals surface area contributed by atoms with Crippen molar-refractivity contribution in [1.29, 1.82) is 0 Å². The fourth-order valence-corrected chi connectivity index (χ4v) is 13.8. The summed E-state index contributed by atoms with van der Waals surface area (Å²) in [6.45, 7) is 39.4. The van der Waals surface area contributed by atoms with Gasteiger partial charge in [0, 0.05) is 48.9 Å². The Labute approximate surface area is 431 Å². The largest absolute Gasteiger partial charge is 0.432 e. The van der Waals surface area contributed by atoms with Gasteiger partial charge in [-0.15, -0.1) is 0 Å². The molecule has 5 aliphatic carbocycles. The summed E-state index contributed by atoms with van der Waals surface area (Å²) in [6.07, 6.45) is 18.3. The number of fused-ring (bicyclic) bond motifs is 11. The lowest BCUT2D eigenvalue weighted by atomic mass is 9.74. The molecule has 5 saturated carbocycles. The first-order valence-corrected chi connectivity index (χ1v) is 27.7. The van der Waals surface area contributed by atoms with Crippen molar-refractivity contribution in [3.63, 3.8) is 0 Å². The Morgan fingerprint density at radius 2 is 0.889 bits per heavy atom. The summed E-state index contributed by atoms with van der Waals surface area (Å²) in [5, 5.41) is 0. The fourth-order valence-electron chi connectivity index (χ4n) is 13.8. The van der Waals surface area contributed by atoms with Gasteiger partial charge in [-0.25, -0.2) is 0 Å². The highest BCUT2D eigenvalue weighted by molar-refractivity contribution is 5.79. The maximum absolute atomic E-state index is 11.6. The van der Waals surface area contributed by atoms with E-state index in [1.807, 2.05) is 20.8 Å². The summed E-state index contributed by atoms with van der Waals surface area (Å²) in [4.78, 5) is 66.4. The molecule has 11 aliphatic rings. The predicted octanol–water partition coefficient (Wildman–Crippen LogP) is 13.4. The van der Waals surface area contributed by atoms with Crippen LogP contribution in [0.1, 0.15) is 171 Å². The number of hydrogen-bond donors (Lipinski definition) is 0. The number of cyclic esters (lactones) is 6. The van der Waals surface area contributed by atoms with E-state index >= 15 is 0 Å². The maximum atomic E-state index is 11.6. The summed E-state index contributed by atoms with van der Waals surface area (Å²) in [5.74, 6) is 11.4. The molecule has 0 aromatic heterocycles. The second-order valence-corrected chi connectivity index (χ2v) is 21.7. The van der Waals surface area contributed by atoms with E-state index < -0.39 is 0 Å². The highest BCUT2D eigenvalue weighted by Gasteiger charge is 2.61. The average molecular weight is 1000 g/mol. The predicted molar refractivity (Wildman–Crippen MR) is 276 cm³/mol. The normalized spacial score (nSPS) is 37.0. The first-order chi connectivity index (χ1) is 34.4. The monoisotopic (exact) mass is 1000 g/mol. The van der Waals surface area contributed by atoms with Crippen molar-refractivity contribution in [1.82, 2.24) is 0 Å². The molecule has 0 N–H and O–H groups in total. The van der Waals surface area contributed by atoms with Crippen LogP contribution < -0.4 is 0 Å². The van der Waals surface area contributed by atoms with Gasteiger partial charge in [-0.3, -0.25) is 28.8 Å². The molecule has 0 aromatic carbocycles. The second kappa shape index (κ2) is 26.5. The van der Waals surface area contributed by atoms with Gasteiger partial charge in [0.1, 0.15) is 34.6 Å². The zero-order valence-corrected chi connectivity index (χ0v) is 45.1. The van der Waals surface area contributed by atoms with E-state index in [9.17, 15) is 28.8 Å². The van der Waals surface area contributed by atoms with Crippen molar-refractivity contribution in [3.05, 3.63) is 74.0 Å². The molecule has 6 heterocycles. The molecule has 12 nitrogen and oxygen atoms in total. The summed E-state index contributed by atoms with van der Waals surface area (Å²) >= 11 is 0. The summed E-state index contributed by atoms with van der Waals surface area (Å²) < 4.78 is 29.8. The third-order valence-corrected chi connectivity index (χ3v) is 17.9. The molecule has 12 heteroatoms. The molecule has 4 bridgehead atoms. The number of hydrogen-bond acceptors (Lipinski definition) is 12. The van der Waals surface area contributed by atoms with Crippen LogP contribution in [0.15, 0.2) is 74.0 Å². The van der Waals surface area contributed by atoms with Crippen molar-refractivity contribution in [2.24, 2.45) is 94.7 Å². The van der Waals surface area contributed by atoms with Crippen molar-refractivity contribution < 1.29 is 57.2 Å². The van der Waals surface area contributed by atoms with Gasteiger partial charge in [0.05, 0.1) is 24.2 Å². The Morgan fingerprint density at radius 3 is 1.32 bits per heavy atom. The van der Waals surface area contributed by atoms with E-state index in [4.69, 9.17) is 28.4 Å². The van der Waals surface area contributed by atoms with Crippen LogP contribution in [0.5, 0.6) is 0 Å². The van der Waals surface area contributed by atoms with E-state index in [1.54, 1.807) is 0 Å². The van der Waals surface area contributed by atoms with Crippen molar-refractivity contribution >= 4 is 35.8 Å². The summed E-state index contributed by atoms with van der Waals surface area (Å²) in [5.41, 5.74) is 0. The molecule has 11 rings (SSSR count). The van der Waals surface area contributed by atoms with Gasteiger partial charge in [0.25, 0.3) is 0 Å². The van der Waals surface area contributed by atoms with E-state index in [0.717, 1.165) is 74.2 Å². The van der Waals surface area contributed by atoms with Gasteiger partial charge in [-0.1, -0.05) is 121 Å². The van der Waals surface area contributed by atoms with E-state index in [-0.39, 0.29) is 59.5 Å². The van der Waals surface area contributed by atoms with E-state index in [0.29, 0.717) is 95.6 Å². The highest BCUT2D eigenvalue weighted by atomic mass is 16.6. The first kappa shape index (κ1) is 58.2. The van der Waals surface area contributed by atoms with Crippen molar-refractivity contribution in [2.75, 3.05) is 0 Å². The zero-order chi connectivity index (χ0) is 53.1. The van der Waals surface area contributed by atoms with E-state index in [2.05, 4.69) is 74.1 Å². The van der Waals surface area contributed by atoms with Crippen LogP contribution in [-0.4, -0.2) is 35.8 Å². The van der Waals surface area contributed by atoms with Gasteiger partial charge in [-0.05, 0) is 112 Å². The summed E-state index contributed by atoms with van der Waals surface area (Å²) in [7, 11) is 0. The van der Waals surface area contributed by atoms with Crippen molar-refractivity contribution in [2.45, 2.75) is 171 Å². The Morgan fingerprint density at radius 1 is 0.403 bits per heavy atom. The van der Waals surface area contributed by atoms with Crippen LogP contribution in [0.4, 0.5) is 0 Å². The third kappa shape index (κ3) is 13.5. The number of carbonyl (C=O) groups excluding carboxylic acids is 6. The highest BCUT2D eigenvalue weighted by Crippen LogP contribution is 2.62. The minimum atomic E-state index is -0.133. The Balaban J connectivity index is 0.000000161. The van der Waals surface area contributed by atoms with Crippen molar-refractivity contribution in [3.8, 4) is 0 Å².